The lowest BCUT2D eigenvalue weighted by atomic mass is 10.1. The molecule has 2 amide bonds. The zero-order valence-electron chi connectivity index (χ0n) is 15.9. The van der Waals surface area contributed by atoms with Crippen molar-refractivity contribution < 1.29 is 18.7 Å². The number of amides is 2. The third kappa shape index (κ3) is 4.38. The van der Waals surface area contributed by atoms with Crippen molar-refractivity contribution in [3.8, 4) is 5.88 Å². The first-order valence-electron chi connectivity index (χ1n) is 9.36. The van der Waals surface area contributed by atoms with Gasteiger partial charge in [0.1, 0.15) is 11.5 Å². The fraction of sp³-hybridized carbons (Fsp3) is 0.136. The van der Waals surface area contributed by atoms with Gasteiger partial charge in [0.15, 0.2) is 0 Å². The van der Waals surface area contributed by atoms with Gasteiger partial charge in [0.25, 0.3) is 5.91 Å². The number of benzene rings is 2. The highest BCUT2D eigenvalue weighted by molar-refractivity contribution is 5.94. The van der Waals surface area contributed by atoms with Crippen LogP contribution in [0.2, 0.25) is 0 Å². The van der Waals surface area contributed by atoms with Crippen molar-refractivity contribution in [3.05, 3.63) is 83.3 Å². The van der Waals surface area contributed by atoms with Crippen LogP contribution in [0.1, 0.15) is 21.6 Å². The summed E-state index contributed by atoms with van der Waals surface area (Å²) in [5, 5.41) is 5.81. The van der Waals surface area contributed by atoms with Crippen molar-refractivity contribution in [2.45, 2.75) is 18.9 Å². The molecule has 1 aliphatic rings. The maximum absolute atomic E-state index is 14.0. The summed E-state index contributed by atoms with van der Waals surface area (Å²) in [7, 11) is 0. The number of para-hydroxylation sites is 1. The van der Waals surface area contributed by atoms with E-state index in [1.165, 1.54) is 29.3 Å². The average molecular weight is 406 g/mol. The van der Waals surface area contributed by atoms with Gasteiger partial charge in [0, 0.05) is 17.8 Å². The van der Waals surface area contributed by atoms with Crippen LogP contribution in [0.25, 0.3) is 0 Å². The minimum absolute atomic E-state index is 0.0172. The quantitative estimate of drug-likeness (QED) is 0.603. The van der Waals surface area contributed by atoms with Crippen molar-refractivity contribution in [1.82, 2.24) is 10.3 Å². The van der Waals surface area contributed by atoms with Crippen molar-refractivity contribution in [2.24, 2.45) is 5.73 Å². The summed E-state index contributed by atoms with van der Waals surface area (Å²) in [6, 6.07) is 16.8. The Labute approximate surface area is 172 Å². The minimum atomic E-state index is -1.07. The fourth-order valence-corrected chi connectivity index (χ4v) is 3.49. The molecule has 1 heterocycles. The Balaban J connectivity index is 1.56. The average Bonchev–Trinajstić information content (AvgIpc) is 3.11. The number of nitrogens with zero attached hydrogens (tertiary/aromatic N) is 1. The lowest BCUT2D eigenvalue weighted by Gasteiger charge is -2.14. The Kier molecular flexibility index (Phi) is 5.30. The van der Waals surface area contributed by atoms with Gasteiger partial charge in [-0.3, -0.25) is 4.79 Å². The number of pyridine rings is 1. The van der Waals surface area contributed by atoms with Crippen LogP contribution < -0.4 is 21.1 Å². The third-order valence-electron chi connectivity index (χ3n) is 4.78. The van der Waals surface area contributed by atoms with Crippen LogP contribution in [0.5, 0.6) is 5.88 Å². The number of anilines is 2. The predicted molar refractivity (Wildman–Crippen MR) is 109 cm³/mol. The maximum Gasteiger partial charge on any atom is 0.411 e. The summed E-state index contributed by atoms with van der Waals surface area (Å²) >= 11 is 0. The number of fused-ring (bicyclic) bond motifs is 1. The van der Waals surface area contributed by atoms with Crippen LogP contribution in [-0.4, -0.2) is 23.0 Å². The maximum atomic E-state index is 14.0. The predicted octanol–water partition coefficient (Wildman–Crippen LogP) is 3.32. The molecule has 0 atom stereocenters. The molecule has 0 saturated heterocycles. The molecule has 4 rings (SSSR count). The Bertz CT molecular complexity index is 1090. The normalized spacial score (nSPS) is 12.8. The lowest BCUT2D eigenvalue weighted by Crippen LogP contribution is -2.35. The molecule has 0 unspecified atom stereocenters. The molecule has 0 bridgehead atoms. The molecule has 30 heavy (non-hydrogen) atoms. The highest BCUT2D eigenvalue weighted by atomic mass is 19.1. The van der Waals surface area contributed by atoms with E-state index >= 15 is 0 Å². The molecular formula is C22H19FN4O3. The molecule has 0 saturated carbocycles. The summed E-state index contributed by atoms with van der Waals surface area (Å²) in [5.41, 5.74) is 8.01. The summed E-state index contributed by atoms with van der Waals surface area (Å²) in [6.07, 6.45) is 0.377. The van der Waals surface area contributed by atoms with Gasteiger partial charge in [0.2, 0.25) is 5.88 Å². The van der Waals surface area contributed by atoms with Crippen LogP contribution in [0.4, 0.5) is 20.6 Å². The number of halogens is 1. The Hall–Kier alpha value is -3.94. The zero-order chi connectivity index (χ0) is 21.1. The number of carbonyl (C=O) groups is 2. The van der Waals surface area contributed by atoms with Crippen LogP contribution in [0.15, 0.2) is 60.7 Å². The van der Waals surface area contributed by atoms with E-state index in [-0.39, 0.29) is 23.3 Å². The summed E-state index contributed by atoms with van der Waals surface area (Å²) in [6.45, 7) is 0. The van der Waals surface area contributed by atoms with Crippen LogP contribution in [0.3, 0.4) is 0 Å². The molecule has 8 heteroatoms. The van der Waals surface area contributed by atoms with E-state index in [9.17, 15) is 14.0 Å². The third-order valence-corrected chi connectivity index (χ3v) is 4.78. The number of carbonyl (C=O) groups excluding carboxylic acids is 2. The minimum Gasteiger partial charge on any atom is -0.391 e. The van der Waals surface area contributed by atoms with Gasteiger partial charge >= 0.3 is 6.09 Å². The topological polar surface area (TPSA) is 106 Å². The molecule has 1 aliphatic carbocycles. The second-order valence-electron chi connectivity index (χ2n) is 6.95. The number of primary amides is 1. The standard InChI is InChI=1S/C22H19FN4O3/c23-17-7-3-4-8-18(17)25-16-11-19(27-20(12-16)30-22(24)29)21(28)26-15-9-13-5-1-2-6-14(13)10-15/h1-8,11-12,15H,9-10H2,(H2,24,29)(H,25,27)(H,26,28). The summed E-state index contributed by atoms with van der Waals surface area (Å²) in [4.78, 5) is 28.0. The van der Waals surface area contributed by atoms with Crippen molar-refractivity contribution >= 4 is 23.4 Å². The molecule has 152 valence electrons. The van der Waals surface area contributed by atoms with E-state index in [2.05, 4.69) is 15.6 Å². The molecular weight excluding hydrogens is 387 g/mol. The second kappa shape index (κ2) is 8.20. The van der Waals surface area contributed by atoms with Crippen LogP contribution >= 0.6 is 0 Å². The first-order valence-corrected chi connectivity index (χ1v) is 9.36. The number of nitrogens with two attached hydrogens (primary N) is 1. The van der Waals surface area contributed by atoms with Crippen molar-refractivity contribution in [3.63, 3.8) is 0 Å². The van der Waals surface area contributed by atoms with Crippen molar-refractivity contribution in [1.29, 1.82) is 0 Å². The summed E-state index contributed by atoms with van der Waals surface area (Å²) < 4.78 is 18.8. The van der Waals surface area contributed by atoms with Gasteiger partial charge in [0.05, 0.1) is 5.69 Å². The highest BCUT2D eigenvalue weighted by Crippen LogP contribution is 2.25. The molecule has 1 aromatic heterocycles. The molecule has 2 aromatic carbocycles. The number of ether oxygens (including phenoxy) is 1. The SMILES string of the molecule is NC(=O)Oc1cc(Nc2ccccc2F)cc(C(=O)NC2Cc3ccccc3C2)n1. The number of rotatable bonds is 5. The van der Waals surface area contributed by atoms with E-state index in [1.54, 1.807) is 18.2 Å². The van der Waals surface area contributed by atoms with Gasteiger partial charge < -0.3 is 21.1 Å². The molecule has 0 radical (unpaired) electrons. The van der Waals surface area contributed by atoms with Gasteiger partial charge in [-0.25, -0.2) is 14.2 Å². The van der Waals surface area contributed by atoms with E-state index in [0.29, 0.717) is 5.69 Å². The number of aromatic nitrogens is 1. The molecule has 4 N–H and O–H groups in total. The largest absolute Gasteiger partial charge is 0.411 e. The molecule has 0 aliphatic heterocycles. The number of hydrogen-bond acceptors (Lipinski definition) is 5. The Morgan fingerprint density at radius 3 is 2.37 bits per heavy atom. The van der Waals surface area contributed by atoms with Crippen LogP contribution in [-0.2, 0) is 12.8 Å². The first kappa shape index (κ1) is 19.4. The number of nitrogens with one attached hydrogen (secondary N) is 2. The van der Waals surface area contributed by atoms with E-state index in [4.69, 9.17) is 10.5 Å². The lowest BCUT2D eigenvalue weighted by molar-refractivity contribution is 0.0932. The highest BCUT2D eigenvalue weighted by Gasteiger charge is 2.24. The second-order valence-corrected chi connectivity index (χ2v) is 6.95. The fourth-order valence-electron chi connectivity index (χ4n) is 3.49. The zero-order valence-corrected chi connectivity index (χ0v) is 15.9. The summed E-state index contributed by atoms with van der Waals surface area (Å²) in [5.74, 6) is -1.07. The van der Waals surface area contributed by atoms with Gasteiger partial charge in [-0.2, -0.15) is 0 Å². The molecule has 3 aromatic rings. The monoisotopic (exact) mass is 406 g/mol. The van der Waals surface area contributed by atoms with E-state index in [0.717, 1.165) is 12.8 Å². The first-order chi connectivity index (χ1) is 14.5. The van der Waals surface area contributed by atoms with E-state index < -0.39 is 17.8 Å². The van der Waals surface area contributed by atoms with Gasteiger partial charge in [-0.1, -0.05) is 36.4 Å². The molecule has 0 fully saturated rings. The molecule has 7 nitrogen and oxygen atoms in total. The molecule has 0 spiro atoms. The Morgan fingerprint density at radius 2 is 1.70 bits per heavy atom. The van der Waals surface area contributed by atoms with Gasteiger partial charge in [-0.05, 0) is 42.2 Å². The Morgan fingerprint density at radius 1 is 1.03 bits per heavy atom. The number of hydrogen-bond donors (Lipinski definition) is 3. The van der Waals surface area contributed by atoms with Crippen molar-refractivity contribution in [2.75, 3.05) is 5.32 Å². The van der Waals surface area contributed by atoms with Crippen LogP contribution in [0, 0.1) is 5.82 Å². The van der Waals surface area contributed by atoms with E-state index in [1.807, 2.05) is 24.3 Å². The van der Waals surface area contributed by atoms with Gasteiger partial charge in [-0.15, -0.1) is 0 Å². The smallest absolute Gasteiger partial charge is 0.391 e.